The summed E-state index contributed by atoms with van der Waals surface area (Å²) in [6, 6.07) is 1.81. The number of nitrogens with zero attached hydrogens (tertiary/aromatic N) is 1. The molecule has 68 valence electrons. The Balaban J connectivity index is 2.76. The zero-order valence-electron chi connectivity index (χ0n) is 6.51. The summed E-state index contributed by atoms with van der Waals surface area (Å²) in [5.74, 6) is 0. The van der Waals surface area contributed by atoms with Crippen LogP contribution in [0.2, 0.25) is 5.02 Å². The molecule has 0 fully saturated rings. The highest BCUT2D eigenvalue weighted by Gasteiger charge is 2.07. The summed E-state index contributed by atoms with van der Waals surface area (Å²) in [5.41, 5.74) is 1.27. The number of hydrogen-bond donors (Lipinski definition) is 2. The molecule has 0 unspecified atom stereocenters. The van der Waals surface area contributed by atoms with E-state index in [1.165, 1.54) is 0 Å². The number of aromatic nitrogens is 2. The van der Waals surface area contributed by atoms with E-state index in [1.807, 2.05) is 12.3 Å². The van der Waals surface area contributed by atoms with Gasteiger partial charge >= 0.3 is 0 Å². The summed E-state index contributed by atoms with van der Waals surface area (Å²) < 4.78 is 1.08. The summed E-state index contributed by atoms with van der Waals surface area (Å²) in [6.45, 7) is -0.135. The molecule has 0 aliphatic heterocycles. The molecule has 0 amide bonds. The van der Waals surface area contributed by atoms with Crippen LogP contribution in [0.25, 0.3) is 11.0 Å². The van der Waals surface area contributed by atoms with Crippen LogP contribution in [0.3, 0.4) is 0 Å². The van der Waals surface area contributed by atoms with E-state index in [4.69, 9.17) is 16.7 Å². The topological polar surface area (TPSA) is 48.9 Å². The van der Waals surface area contributed by atoms with E-state index >= 15 is 0 Å². The number of fused-ring (bicyclic) bond motifs is 1. The van der Waals surface area contributed by atoms with E-state index in [0.717, 1.165) is 14.6 Å². The van der Waals surface area contributed by atoms with Gasteiger partial charge in [-0.1, -0.05) is 11.6 Å². The number of nitrogens with one attached hydrogen (secondary N) is 1. The van der Waals surface area contributed by atoms with Gasteiger partial charge in [0.1, 0.15) is 5.65 Å². The van der Waals surface area contributed by atoms with E-state index < -0.39 is 0 Å². The molecule has 0 radical (unpaired) electrons. The number of aliphatic hydroxyl groups is 1. The van der Waals surface area contributed by atoms with Gasteiger partial charge in [-0.05, 0) is 28.7 Å². The Labute approximate surface area is 93.3 Å². The van der Waals surface area contributed by atoms with Crippen molar-refractivity contribution in [1.82, 2.24) is 9.97 Å². The fraction of sp³-hybridized carbons (Fsp3) is 0.125. The van der Waals surface area contributed by atoms with Crippen LogP contribution in [-0.2, 0) is 6.61 Å². The lowest BCUT2D eigenvalue weighted by Gasteiger charge is -1.99. The van der Waals surface area contributed by atoms with Crippen molar-refractivity contribution < 1.29 is 5.11 Å². The van der Waals surface area contributed by atoms with Crippen molar-refractivity contribution in [1.29, 1.82) is 0 Å². The lowest BCUT2D eigenvalue weighted by atomic mass is 10.3. The summed E-state index contributed by atoms with van der Waals surface area (Å²) in [7, 11) is 0. The highest BCUT2D eigenvalue weighted by Crippen LogP contribution is 2.24. The van der Waals surface area contributed by atoms with Gasteiger partial charge < -0.3 is 10.1 Å². The molecule has 0 aliphatic rings. The maximum absolute atomic E-state index is 8.92. The first-order valence-electron chi connectivity index (χ1n) is 3.65. The van der Waals surface area contributed by atoms with Crippen molar-refractivity contribution in [3.05, 3.63) is 26.5 Å². The molecule has 5 heteroatoms. The molecular weight excluding hydrogens is 302 g/mol. The van der Waals surface area contributed by atoms with E-state index in [9.17, 15) is 0 Å². The van der Waals surface area contributed by atoms with Gasteiger partial charge in [-0.3, -0.25) is 0 Å². The summed E-state index contributed by atoms with van der Waals surface area (Å²) in [4.78, 5) is 7.17. The fourth-order valence-electron chi connectivity index (χ4n) is 1.14. The summed E-state index contributed by atoms with van der Waals surface area (Å²) in [5, 5.41) is 10.4. The lowest BCUT2D eigenvalue weighted by molar-refractivity contribution is 0.277. The van der Waals surface area contributed by atoms with Crippen LogP contribution >= 0.6 is 34.2 Å². The van der Waals surface area contributed by atoms with Gasteiger partial charge in [-0.2, -0.15) is 0 Å². The third-order valence-corrected chi connectivity index (χ3v) is 3.01. The molecule has 2 rings (SSSR count). The summed E-state index contributed by atoms with van der Waals surface area (Å²) in [6.07, 6.45) is 1.86. The second-order valence-electron chi connectivity index (χ2n) is 2.61. The molecule has 2 aromatic rings. The first-order chi connectivity index (χ1) is 6.22. The van der Waals surface area contributed by atoms with Crippen molar-refractivity contribution in [2.75, 3.05) is 0 Å². The van der Waals surface area contributed by atoms with Crippen LogP contribution in [0.15, 0.2) is 12.3 Å². The number of aromatic amines is 1. The zero-order valence-corrected chi connectivity index (χ0v) is 9.43. The Morgan fingerprint density at radius 1 is 1.62 bits per heavy atom. The third-order valence-electron chi connectivity index (χ3n) is 1.79. The molecule has 0 aromatic carbocycles. The SMILES string of the molecule is OCc1nc2[nH]cc(I)c2cc1Cl. The fourth-order valence-corrected chi connectivity index (χ4v) is 1.92. The van der Waals surface area contributed by atoms with Crippen LogP contribution in [0.1, 0.15) is 5.69 Å². The van der Waals surface area contributed by atoms with Crippen LogP contribution in [0.5, 0.6) is 0 Å². The molecule has 2 heterocycles. The minimum Gasteiger partial charge on any atom is -0.390 e. The van der Waals surface area contributed by atoms with Gasteiger partial charge in [0.25, 0.3) is 0 Å². The Bertz CT molecular complexity index is 455. The predicted molar refractivity (Wildman–Crippen MR) is 59.7 cm³/mol. The van der Waals surface area contributed by atoms with Crippen molar-refractivity contribution in [2.45, 2.75) is 6.61 Å². The van der Waals surface area contributed by atoms with Gasteiger partial charge in [-0.25, -0.2) is 4.98 Å². The van der Waals surface area contributed by atoms with E-state index in [-0.39, 0.29) is 6.61 Å². The quantitative estimate of drug-likeness (QED) is 0.794. The molecular formula is C8H6ClIN2O. The Kier molecular flexibility index (Phi) is 2.44. The number of rotatable bonds is 1. The average Bonchev–Trinajstić information content (AvgIpc) is 2.47. The Hall–Kier alpha value is -0.330. The van der Waals surface area contributed by atoms with Crippen molar-refractivity contribution in [3.63, 3.8) is 0 Å². The monoisotopic (exact) mass is 308 g/mol. The molecule has 3 nitrogen and oxygen atoms in total. The van der Waals surface area contributed by atoms with Crippen molar-refractivity contribution in [3.8, 4) is 0 Å². The van der Waals surface area contributed by atoms with Crippen LogP contribution in [0, 0.1) is 3.57 Å². The van der Waals surface area contributed by atoms with Gasteiger partial charge in [0.2, 0.25) is 0 Å². The first-order valence-corrected chi connectivity index (χ1v) is 5.11. The number of H-pyrrole nitrogens is 1. The molecule has 0 saturated carbocycles. The Morgan fingerprint density at radius 3 is 3.08 bits per heavy atom. The smallest absolute Gasteiger partial charge is 0.138 e. The molecule has 2 aromatic heterocycles. The highest BCUT2D eigenvalue weighted by atomic mass is 127. The largest absolute Gasteiger partial charge is 0.390 e. The van der Waals surface area contributed by atoms with Gasteiger partial charge in [-0.15, -0.1) is 0 Å². The second kappa shape index (κ2) is 3.43. The molecule has 0 bridgehead atoms. The Morgan fingerprint density at radius 2 is 2.38 bits per heavy atom. The highest BCUT2D eigenvalue weighted by molar-refractivity contribution is 14.1. The molecule has 0 aliphatic carbocycles. The number of halogens is 2. The standard InChI is InChI=1S/C8H6ClIN2O/c9-5-1-4-6(10)2-11-8(4)12-7(5)3-13/h1-2,13H,3H2,(H,11,12). The van der Waals surface area contributed by atoms with Crippen LogP contribution < -0.4 is 0 Å². The zero-order chi connectivity index (χ0) is 9.42. The van der Waals surface area contributed by atoms with E-state index in [1.54, 1.807) is 0 Å². The van der Waals surface area contributed by atoms with Gasteiger partial charge in [0.15, 0.2) is 0 Å². The van der Waals surface area contributed by atoms with E-state index in [2.05, 4.69) is 32.6 Å². The normalized spacial score (nSPS) is 11.0. The summed E-state index contributed by atoms with van der Waals surface area (Å²) >= 11 is 8.09. The molecule has 0 spiro atoms. The van der Waals surface area contributed by atoms with Crippen LogP contribution in [-0.4, -0.2) is 15.1 Å². The molecule has 2 N–H and O–H groups in total. The minimum atomic E-state index is -0.135. The maximum Gasteiger partial charge on any atom is 0.138 e. The maximum atomic E-state index is 8.92. The number of hydrogen-bond acceptors (Lipinski definition) is 2. The second-order valence-corrected chi connectivity index (χ2v) is 4.18. The number of pyridine rings is 1. The van der Waals surface area contributed by atoms with Crippen LogP contribution in [0.4, 0.5) is 0 Å². The third kappa shape index (κ3) is 1.53. The van der Waals surface area contributed by atoms with Gasteiger partial charge in [0.05, 0.1) is 17.3 Å². The molecule has 0 atom stereocenters. The van der Waals surface area contributed by atoms with Gasteiger partial charge in [0, 0.05) is 15.2 Å². The molecule has 13 heavy (non-hydrogen) atoms. The number of aliphatic hydroxyl groups excluding tert-OH is 1. The minimum absolute atomic E-state index is 0.135. The lowest BCUT2D eigenvalue weighted by Crippen LogP contribution is -1.90. The predicted octanol–water partition coefficient (Wildman–Crippen LogP) is 2.31. The van der Waals surface area contributed by atoms with Crippen molar-refractivity contribution >= 4 is 45.2 Å². The molecule has 0 saturated heterocycles. The average molecular weight is 309 g/mol. The van der Waals surface area contributed by atoms with Crippen molar-refractivity contribution in [2.24, 2.45) is 0 Å². The first kappa shape index (κ1) is 9.23. The van der Waals surface area contributed by atoms with E-state index in [0.29, 0.717) is 10.7 Å².